The van der Waals surface area contributed by atoms with Crippen LogP contribution < -0.4 is 10.6 Å². The predicted molar refractivity (Wildman–Crippen MR) is 190 cm³/mol. The van der Waals surface area contributed by atoms with Crippen molar-refractivity contribution in [1.82, 2.24) is 24.6 Å². The first-order valence-electron chi connectivity index (χ1n) is 17.2. The Kier molecular flexibility index (Phi) is 8.81. The van der Waals surface area contributed by atoms with E-state index in [4.69, 9.17) is 5.10 Å². The summed E-state index contributed by atoms with van der Waals surface area (Å²) < 4.78 is 44.0. The average molecular weight is 696 g/mol. The minimum Gasteiger partial charge on any atom is -0.333 e. The lowest BCUT2D eigenvalue weighted by atomic mass is 9.85. The van der Waals surface area contributed by atoms with Gasteiger partial charge in [-0.1, -0.05) is 50.6 Å². The monoisotopic (exact) mass is 695 g/mol. The second kappa shape index (κ2) is 13.1. The summed E-state index contributed by atoms with van der Waals surface area (Å²) in [6, 6.07) is 21.3. The first-order chi connectivity index (χ1) is 24.2. The van der Waals surface area contributed by atoms with Gasteiger partial charge in [-0.2, -0.15) is 18.3 Å². The molecule has 2 bridgehead atoms. The molecule has 3 amide bonds. The number of carbonyl (C=O) groups is 2. The van der Waals surface area contributed by atoms with E-state index >= 15 is 0 Å². The highest BCUT2D eigenvalue weighted by Crippen LogP contribution is 2.42. The van der Waals surface area contributed by atoms with Gasteiger partial charge in [-0.3, -0.25) is 10.1 Å². The number of alkyl halides is 3. The first kappa shape index (κ1) is 34.2. The SMILES string of the molecule is Cc1ccc(-n2nc(C(C)(C)C)cc2NC(=O)Nc2cccc(CC3CC4CCC(C3)N4C(=O)c3cc4cccnc4nc3C(F)(F)F)c2)cc1. The number of piperidine rings is 1. The van der Waals surface area contributed by atoms with Crippen LogP contribution in [0.3, 0.4) is 0 Å². The van der Waals surface area contributed by atoms with Gasteiger partial charge in [0.15, 0.2) is 11.3 Å². The number of fused-ring (bicyclic) bond motifs is 3. The molecule has 3 aromatic heterocycles. The Labute approximate surface area is 294 Å². The molecule has 0 saturated carbocycles. The number of nitrogens with zero attached hydrogens (tertiary/aromatic N) is 5. The number of benzene rings is 2. The van der Waals surface area contributed by atoms with Crippen LogP contribution in [0.1, 0.15) is 79.3 Å². The van der Waals surface area contributed by atoms with Crippen LogP contribution in [0.5, 0.6) is 0 Å². The Balaban J connectivity index is 1.03. The Morgan fingerprint density at radius 1 is 0.902 bits per heavy atom. The van der Waals surface area contributed by atoms with E-state index in [9.17, 15) is 22.8 Å². The summed E-state index contributed by atoms with van der Waals surface area (Å²) in [5, 5.41) is 11.1. The minimum absolute atomic E-state index is 0.0409. The average Bonchev–Trinajstić information content (AvgIpc) is 3.62. The number of hydrogen-bond donors (Lipinski definition) is 2. The molecule has 2 saturated heterocycles. The zero-order valence-electron chi connectivity index (χ0n) is 29.0. The minimum atomic E-state index is -4.79. The van der Waals surface area contributed by atoms with E-state index in [0.717, 1.165) is 41.8 Å². The topological polar surface area (TPSA) is 105 Å². The summed E-state index contributed by atoms with van der Waals surface area (Å²) in [6.07, 6.45) is 0.171. The van der Waals surface area contributed by atoms with Crippen molar-refractivity contribution >= 4 is 34.5 Å². The summed E-state index contributed by atoms with van der Waals surface area (Å²) >= 11 is 0. The Morgan fingerprint density at radius 2 is 1.63 bits per heavy atom. The van der Waals surface area contributed by atoms with Gasteiger partial charge in [-0.15, -0.1) is 0 Å². The maximum atomic E-state index is 14.1. The number of aryl methyl sites for hydroxylation is 1. The smallest absolute Gasteiger partial charge is 0.333 e. The zero-order valence-corrected chi connectivity index (χ0v) is 29.0. The lowest BCUT2D eigenvalue weighted by Crippen LogP contribution is -2.47. The molecule has 2 aliphatic heterocycles. The molecule has 2 aliphatic rings. The van der Waals surface area contributed by atoms with Crippen LogP contribution in [0.4, 0.5) is 29.5 Å². The number of pyridine rings is 2. The largest absolute Gasteiger partial charge is 0.434 e. The van der Waals surface area contributed by atoms with Gasteiger partial charge in [0.2, 0.25) is 0 Å². The number of rotatable bonds is 6. The molecule has 2 atom stereocenters. The lowest BCUT2D eigenvalue weighted by molar-refractivity contribution is -0.141. The highest BCUT2D eigenvalue weighted by molar-refractivity contribution is 6.00. The fourth-order valence-corrected chi connectivity index (χ4v) is 7.42. The van der Waals surface area contributed by atoms with Gasteiger partial charge in [0, 0.05) is 40.8 Å². The van der Waals surface area contributed by atoms with Crippen LogP contribution in [0, 0.1) is 12.8 Å². The van der Waals surface area contributed by atoms with Crippen molar-refractivity contribution in [3.63, 3.8) is 0 Å². The number of anilines is 2. The van der Waals surface area contributed by atoms with Crippen molar-refractivity contribution in [3.05, 3.63) is 107 Å². The van der Waals surface area contributed by atoms with E-state index in [2.05, 4.69) is 41.4 Å². The lowest BCUT2D eigenvalue weighted by Gasteiger charge is -2.39. The number of urea groups is 1. The Morgan fingerprint density at radius 3 is 2.31 bits per heavy atom. The van der Waals surface area contributed by atoms with Crippen LogP contribution in [-0.4, -0.2) is 48.7 Å². The number of hydrogen-bond acceptors (Lipinski definition) is 5. The number of halogens is 3. The Hall–Kier alpha value is -5.26. The summed E-state index contributed by atoms with van der Waals surface area (Å²) in [7, 11) is 0. The molecule has 7 rings (SSSR count). The van der Waals surface area contributed by atoms with E-state index in [1.807, 2.05) is 61.5 Å². The summed E-state index contributed by atoms with van der Waals surface area (Å²) in [5.74, 6) is 0.158. The van der Waals surface area contributed by atoms with Gasteiger partial charge in [-0.05, 0) is 93.0 Å². The third kappa shape index (κ3) is 7.17. The standard InChI is InChI=1S/C39H40F3N7O2/c1-23-10-12-28(13-11-23)49-33(22-32(47-49)38(2,3)4)45-37(51)44-27-9-5-7-24(18-27)17-25-19-29-14-15-30(20-25)48(29)36(50)31-21-26-8-6-16-43-35(26)46-34(31)39(40,41)42/h5-13,16,18,21-22,25,29-30H,14-15,17,19-20H2,1-4H3,(H2,44,45,51). The number of nitrogens with one attached hydrogen (secondary N) is 2. The van der Waals surface area contributed by atoms with Gasteiger partial charge in [-0.25, -0.2) is 19.4 Å². The van der Waals surface area contributed by atoms with Crippen molar-refractivity contribution in [3.8, 4) is 5.69 Å². The molecule has 9 nitrogen and oxygen atoms in total. The van der Waals surface area contributed by atoms with Gasteiger partial charge < -0.3 is 10.2 Å². The molecule has 264 valence electrons. The zero-order chi connectivity index (χ0) is 36.1. The van der Waals surface area contributed by atoms with Crippen molar-refractivity contribution in [2.75, 3.05) is 10.6 Å². The van der Waals surface area contributed by atoms with Crippen LogP contribution in [0.15, 0.2) is 79.0 Å². The number of amides is 3. The molecule has 2 N–H and O–H groups in total. The van der Waals surface area contributed by atoms with E-state index in [1.54, 1.807) is 21.7 Å². The molecule has 12 heteroatoms. The number of aromatic nitrogens is 4. The van der Waals surface area contributed by atoms with Crippen molar-refractivity contribution in [2.45, 2.75) is 83.5 Å². The van der Waals surface area contributed by atoms with E-state index in [0.29, 0.717) is 29.7 Å². The van der Waals surface area contributed by atoms with Gasteiger partial charge in [0.1, 0.15) is 5.82 Å². The molecule has 0 spiro atoms. The molecule has 5 aromatic rings. The summed E-state index contributed by atoms with van der Waals surface area (Å²) in [6.45, 7) is 8.23. The molecule has 2 unspecified atom stereocenters. The summed E-state index contributed by atoms with van der Waals surface area (Å²) in [4.78, 5) is 36.5. The van der Waals surface area contributed by atoms with Gasteiger partial charge >= 0.3 is 12.2 Å². The van der Waals surface area contributed by atoms with Crippen molar-refractivity contribution in [1.29, 1.82) is 0 Å². The van der Waals surface area contributed by atoms with E-state index < -0.39 is 29.4 Å². The second-order valence-corrected chi connectivity index (χ2v) is 14.8. The highest BCUT2D eigenvalue weighted by atomic mass is 19.4. The fourth-order valence-electron chi connectivity index (χ4n) is 7.42. The molecular weight excluding hydrogens is 655 g/mol. The van der Waals surface area contributed by atoms with Crippen molar-refractivity contribution < 1.29 is 22.8 Å². The van der Waals surface area contributed by atoms with Gasteiger partial charge in [0.05, 0.1) is 16.9 Å². The van der Waals surface area contributed by atoms with Crippen molar-refractivity contribution in [2.24, 2.45) is 5.92 Å². The van der Waals surface area contributed by atoms with Gasteiger partial charge in [0.25, 0.3) is 5.91 Å². The maximum Gasteiger partial charge on any atom is 0.434 e. The molecule has 0 aliphatic carbocycles. The fraction of sp³-hybridized carbons (Fsp3) is 0.359. The van der Waals surface area contributed by atoms with Crippen LogP contribution in [-0.2, 0) is 18.0 Å². The second-order valence-electron chi connectivity index (χ2n) is 14.8. The molecular formula is C39H40F3N7O2. The van der Waals surface area contributed by atoms with E-state index in [1.165, 1.54) is 12.3 Å². The molecule has 51 heavy (non-hydrogen) atoms. The van der Waals surface area contributed by atoms with Crippen LogP contribution >= 0.6 is 0 Å². The Bertz CT molecular complexity index is 2090. The number of carbonyl (C=O) groups excluding carboxylic acids is 2. The summed E-state index contributed by atoms with van der Waals surface area (Å²) in [5.41, 5.74) is 2.58. The third-order valence-corrected chi connectivity index (χ3v) is 9.86. The molecule has 0 radical (unpaired) electrons. The predicted octanol–water partition coefficient (Wildman–Crippen LogP) is 8.71. The quantitative estimate of drug-likeness (QED) is 0.185. The normalized spacial score (nSPS) is 19.0. The molecule has 2 fully saturated rings. The van der Waals surface area contributed by atoms with Crippen LogP contribution in [0.25, 0.3) is 16.7 Å². The highest BCUT2D eigenvalue weighted by Gasteiger charge is 2.46. The van der Waals surface area contributed by atoms with Crippen LogP contribution in [0.2, 0.25) is 0 Å². The van der Waals surface area contributed by atoms with E-state index in [-0.39, 0.29) is 29.1 Å². The molecule has 2 aromatic carbocycles. The first-order valence-corrected chi connectivity index (χ1v) is 17.2. The maximum absolute atomic E-state index is 14.1. The third-order valence-electron chi connectivity index (χ3n) is 9.86. The molecule has 5 heterocycles.